The van der Waals surface area contributed by atoms with Crippen LogP contribution in [-0.2, 0) is 0 Å². The zero-order valence-electron chi connectivity index (χ0n) is 19.7. The van der Waals surface area contributed by atoms with Crippen molar-refractivity contribution in [1.82, 2.24) is 15.1 Å². The van der Waals surface area contributed by atoms with Gasteiger partial charge in [0.15, 0.2) is 11.4 Å². The molecule has 1 heterocycles. The number of benzene rings is 3. The Labute approximate surface area is 212 Å². The topological polar surface area (TPSA) is 85.2 Å². The van der Waals surface area contributed by atoms with E-state index in [-0.39, 0.29) is 23.0 Å². The van der Waals surface area contributed by atoms with E-state index in [0.717, 1.165) is 16.7 Å². The first-order chi connectivity index (χ1) is 17.4. The van der Waals surface area contributed by atoms with Gasteiger partial charge in [-0.25, -0.2) is 4.39 Å². The van der Waals surface area contributed by atoms with Gasteiger partial charge in [-0.3, -0.25) is 9.59 Å². The lowest BCUT2D eigenvalue weighted by atomic mass is 10.2. The van der Waals surface area contributed by atoms with Crippen molar-refractivity contribution in [3.05, 3.63) is 105 Å². The molecule has 0 aliphatic carbocycles. The van der Waals surface area contributed by atoms with E-state index in [1.807, 2.05) is 13.8 Å². The minimum Gasteiger partial charge on any atom is -0.453 e. The number of anilines is 2. The Morgan fingerprint density at radius 3 is 2.67 bits per heavy atom. The molecule has 2 N–H and O–H groups in total. The van der Waals surface area contributed by atoms with Crippen LogP contribution in [0.4, 0.5) is 15.8 Å². The van der Waals surface area contributed by atoms with Crippen LogP contribution in [0.15, 0.2) is 77.7 Å². The first kappa shape index (κ1) is 24.9. The van der Waals surface area contributed by atoms with Gasteiger partial charge in [0.2, 0.25) is 0 Å². The molecule has 0 aliphatic rings. The number of rotatable bonds is 8. The Bertz CT molecular complexity index is 1470. The number of nitrogens with one attached hydrogen (secondary N) is 2. The van der Waals surface area contributed by atoms with Gasteiger partial charge >= 0.3 is 0 Å². The van der Waals surface area contributed by atoms with Crippen LogP contribution in [0.25, 0.3) is 5.69 Å². The van der Waals surface area contributed by atoms with Crippen LogP contribution >= 0.6 is 11.6 Å². The van der Waals surface area contributed by atoms with Crippen LogP contribution in [0.3, 0.4) is 0 Å². The number of nitrogens with zero attached hydrogens (tertiary/aromatic N) is 2. The molecular weight excluding hydrogens is 483 g/mol. The highest BCUT2D eigenvalue weighted by atomic mass is 35.5. The van der Waals surface area contributed by atoms with Crippen molar-refractivity contribution >= 4 is 28.9 Å². The number of aromatic nitrogens is 2. The van der Waals surface area contributed by atoms with E-state index < -0.39 is 11.4 Å². The molecule has 1 aromatic heterocycles. The predicted octanol–water partition coefficient (Wildman–Crippen LogP) is 6.01. The lowest BCUT2D eigenvalue weighted by Gasteiger charge is -2.15. The molecule has 3 aromatic carbocycles. The van der Waals surface area contributed by atoms with Crippen LogP contribution in [-0.4, -0.2) is 22.2 Å². The number of ether oxygens (including phenoxy) is 1. The highest BCUT2D eigenvalue weighted by Crippen LogP contribution is 2.31. The highest BCUT2D eigenvalue weighted by molar-refractivity contribution is 6.31. The average molecular weight is 507 g/mol. The molecule has 0 radical (unpaired) electrons. The quantitative estimate of drug-likeness (QED) is 0.306. The maximum Gasteiger partial charge on any atom is 0.299 e. The van der Waals surface area contributed by atoms with Crippen molar-refractivity contribution in [3.8, 4) is 17.2 Å². The molecule has 1 amide bonds. The second-order valence-corrected chi connectivity index (χ2v) is 8.46. The number of carbonyl (C=O) groups is 1. The predicted molar refractivity (Wildman–Crippen MR) is 138 cm³/mol. The van der Waals surface area contributed by atoms with E-state index in [1.165, 1.54) is 24.4 Å². The number of hydrogen-bond acceptors (Lipinski definition) is 5. The first-order valence-corrected chi connectivity index (χ1v) is 11.7. The lowest BCUT2D eigenvalue weighted by molar-refractivity contribution is 0.0953. The summed E-state index contributed by atoms with van der Waals surface area (Å²) in [6.07, 6.45) is 2.18. The van der Waals surface area contributed by atoms with Crippen molar-refractivity contribution < 1.29 is 13.9 Å². The molecule has 4 rings (SSSR count). The molecule has 0 spiro atoms. The second kappa shape index (κ2) is 11.0. The third kappa shape index (κ3) is 5.72. The van der Waals surface area contributed by atoms with Gasteiger partial charge in [0.1, 0.15) is 11.6 Å². The standard InChI is InChI=1S/C27H24ClFN4O3/c1-3-12-30-26(34)18-6-4-8-20(14-18)32-25-24(36-22-10-11-23(28)17(2)13-22)16-31-33(27(25)35)21-9-5-7-19(29)15-21/h4-11,13-16,32H,3,12H2,1-2H3,(H,30,34). The van der Waals surface area contributed by atoms with E-state index in [2.05, 4.69) is 15.7 Å². The molecule has 9 heteroatoms. The Hall–Kier alpha value is -4.17. The highest BCUT2D eigenvalue weighted by Gasteiger charge is 2.17. The fourth-order valence-corrected chi connectivity index (χ4v) is 3.57. The number of halogens is 2. The van der Waals surface area contributed by atoms with Crippen LogP contribution in [0.5, 0.6) is 11.5 Å². The third-order valence-corrected chi connectivity index (χ3v) is 5.71. The molecule has 7 nitrogen and oxygen atoms in total. The van der Waals surface area contributed by atoms with Gasteiger partial charge in [-0.15, -0.1) is 0 Å². The van der Waals surface area contributed by atoms with Crippen LogP contribution in [0.2, 0.25) is 5.02 Å². The van der Waals surface area contributed by atoms with Crippen molar-refractivity contribution in [2.45, 2.75) is 20.3 Å². The van der Waals surface area contributed by atoms with Gasteiger partial charge < -0.3 is 15.4 Å². The minimum atomic E-state index is -0.565. The zero-order chi connectivity index (χ0) is 25.7. The van der Waals surface area contributed by atoms with Crippen LogP contribution in [0, 0.1) is 12.7 Å². The molecule has 36 heavy (non-hydrogen) atoms. The summed E-state index contributed by atoms with van der Waals surface area (Å²) < 4.78 is 20.9. The maximum absolute atomic E-state index is 13.8. The largest absolute Gasteiger partial charge is 0.453 e. The fourth-order valence-electron chi connectivity index (χ4n) is 3.45. The van der Waals surface area contributed by atoms with Crippen molar-refractivity contribution in [2.24, 2.45) is 0 Å². The molecule has 0 saturated carbocycles. The first-order valence-electron chi connectivity index (χ1n) is 11.3. The van der Waals surface area contributed by atoms with E-state index in [9.17, 15) is 14.0 Å². The van der Waals surface area contributed by atoms with Gasteiger partial charge in [0.05, 0.1) is 11.9 Å². The number of aryl methyl sites for hydroxylation is 1. The number of amides is 1. The fraction of sp³-hybridized carbons (Fsp3) is 0.148. The van der Waals surface area contributed by atoms with Gasteiger partial charge in [0.25, 0.3) is 11.5 Å². The Morgan fingerprint density at radius 1 is 1.11 bits per heavy atom. The Kier molecular flexibility index (Phi) is 7.65. The summed E-state index contributed by atoms with van der Waals surface area (Å²) >= 11 is 6.12. The van der Waals surface area contributed by atoms with E-state index in [0.29, 0.717) is 28.6 Å². The summed E-state index contributed by atoms with van der Waals surface area (Å²) in [5, 5.41) is 10.7. The lowest BCUT2D eigenvalue weighted by Crippen LogP contribution is -2.25. The molecule has 0 aliphatic heterocycles. The third-order valence-electron chi connectivity index (χ3n) is 5.28. The Morgan fingerprint density at radius 2 is 1.92 bits per heavy atom. The average Bonchev–Trinajstić information content (AvgIpc) is 2.87. The maximum atomic E-state index is 13.8. The molecule has 0 fully saturated rings. The SMILES string of the molecule is CCCNC(=O)c1cccc(Nc2c(Oc3ccc(Cl)c(C)c3)cnn(-c3cccc(F)c3)c2=O)c1. The van der Waals surface area contributed by atoms with Crippen molar-refractivity contribution in [2.75, 3.05) is 11.9 Å². The molecule has 0 bridgehead atoms. The van der Waals surface area contributed by atoms with Crippen LogP contribution in [0.1, 0.15) is 29.3 Å². The van der Waals surface area contributed by atoms with E-state index >= 15 is 0 Å². The monoisotopic (exact) mass is 506 g/mol. The number of hydrogen-bond donors (Lipinski definition) is 2. The van der Waals surface area contributed by atoms with E-state index in [1.54, 1.807) is 48.5 Å². The normalized spacial score (nSPS) is 10.7. The minimum absolute atomic E-state index is 0.0629. The smallest absolute Gasteiger partial charge is 0.299 e. The van der Waals surface area contributed by atoms with Gasteiger partial charge in [-0.1, -0.05) is 30.7 Å². The van der Waals surface area contributed by atoms with Crippen molar-refractivity contribution in [3.63, 3.8) is 0 Å². The summed E-state index contributed by atoms with van der Waals surface area (Å²) in [7, 11) is 0. The molecule has 0 saturated heterocycles. The van der Waals surface area contributed by atoms with Gasteiger partial charge in [-0.2, -0.15) is 9.78 Å². The van der Waals surface area contributed by atoms with Gasteiger partial charge in [0, 0.05) is 22.8 Å². The summed E-state index contributed by atoms with van der Waals surface area (Å²) in [5.74, 6) is -0.119. The molecule has 0 unspecified atom stereocenters. The van der Waals surface area contributed by atoms with Crippen molar-refractivity contribution in [1.29, 1.82) is 0 Å². The summed E-state index contributed by atoms with van der Waals surface area (Å²) in [4.78, 5) is 25.9. The number of carbonyl (C=O) groups excluding carboxylic acids is 1. The molecular formula is C27H24ClFN4O3. The van der Waals surface area contributed by atoms with Gasteiger partial charge in [-0.05, 0) is 73.5 Å². The molecule has 184 valence electrons. The summed E-state index contributed by atoms with van der Waals surface area (Å²) in [5.41, 5.74) is 1.48. The zero-order valence-corrected chi connectivity index (χ0v) is 20.5. The summed E-state index contributed by atoms with van der Waals surface area (Å²) in [6.45, 7) is 4.36. The summed E-state index contributed by atoms with van der Waals surface area (Å²) in [6, 6.07) is 17.4. The molecule has 4 aromatic rings. The Balaban J connectivity index is 1.76. The van der Waals surface area contributed by atoms with Crippen LogP contribution < -0.4 is 20.9 Å². The molecule has 0 atom stereocenters. The van der Waals surface area contributed by atoms with E-state index in [4.69, 9.17) is 16.3 Å². The second-order valence-electron chi connectivity index (χ2n) is 8.06.